The predicted octanol–water partition coefficient (Wildman–Crippen LogP) is 4.44. The molecule has 33 heavy (non-hydrogen) atoms. The van der Waals surface area contributed by atoms with Gasteiger partial charge in [-0.2, -0.15) is 0 Å². The fourth-order valence-corrected chi connectivity index (χ4v) is 3.98. The van der Waals surface area contributed by atoms with Crippen molar-refractivity contribution in [3.05, 3.63) is 102 Å². The molecule has 0 radical (unpaired) electrons. The van der Waals surface area contributed by atoms with Gasteiger partial charge in [-0.25, -0.2) is 4.39 Å². The summed E-state index contributed by atoms with van der Waals surface area (Å²) in [5, 5.41) is 7.68. The number of anilines is 1. The van der Waals surface area contributed by atoms with Gasteiger partial charge in [-0.15, -0.1) is 0 Å². The maximum absolute atomic E-state index is 14.3. The largest absolute Gasteiger partial charge is 0.348 e. The van der Waals surface area contributed by atoms with Crippen LogP contribution >= 0.6 is 0 Å². The van der Waals surface area contributed by atoms with E-state index in [0.717, 1.165) is 27.6 Å². The number of halogens is 1. The first-order valence-corrected chi connectivity index (χ1v) is 10.7. The van der Waals surface area contributed by atoms with Crippen LogP contribution < -0.4 is 10.6 Å². The summed E-state index contributed by atoms with van der Waals surface area (Å²) in [6.45, 7) is 0.257. The minimum Gasteiger partial charge on any atom is -0.348 e. The molecule has 2 N–H and O–H groups in total. The Morgan fingerprint density at radius 3 is 2.70 bits per heavy atom. The maximum atomic E-state index is 14.3. The van der Waals surface area contributed by atoms with E-state index >= 15 is 0 Å². The van der Waals surface area contributed by atoms with Gasteiger partial charge in [-0.1, -0.05) is 18.2 Å². The van der Waals surface area contributed by atoms with Crippen LogP contribution in [0.3, 0.4) is 0 Å². The number of hydrogen-bond donors (Lipinski definition) is 2. The molecule has 6 nitrogen and oxygen atoms in total. The predicted molar refractivity (Wildman–Crippen MR) is 123 cm³/mol. The number of rotatable bonds is 6. The van der Waals surface area contributed by atoms with Crippen molar-refractivity contribution < 1.29 is 14.0 Å². The third-order valence-corrected chi connectivity index (χ3v) is 5.87. The first-order chi connectivity index (χ1) is 16.1. The van der Waals surface area contributed by atoms with Crippen LogP contribution in [0.1, 0.15) is 33.8 Å². The van der Waals surface area contributed by atoms with Crippen molar-refractivity contribution >= 4 is 28.3 Å². The number of carbonyl (C=O) groups excluding carboxylic acids is 2. The van der Waals surface area contributed by atoms with Crippen molar-refractivity contribution in [1.29, 1.82) is 0 Å². The number of amides is 2. The molecule has 2 heterocycles. The molecule has 0 unspecified atom stereocenters. The Balaban J connectivity index is 1.24. The van der Waals surface area contributed by atoms with Crippen LogP contribution in [0.5, 0.6) is 0 Å². The van der Waals surface area contributed by atoms with E-state index in [2.05, 4.69) is 20.6 Å². The van der Waals surface area contributed by atoms with E-state index < -0.39 is 11.7 Å². The van der Waals surface area contributed by atoms with Gasteiger partial charge in [0.25, 0.3) is 5.91 Å². The summed E-state index contributed by atoms with van der Waals surface area (Å²) in [5.74, 6) is -1.42. The van der Waals surface area contributed by atoms with E-state index in [0.29, 0.717) is 6.42 Å². The third-order valence-electron chi connectivity index (χ3n) is 5.87. The minimum atomic E-state index is -0.588. The van der Waals surface area contributed by atoms with Gasteiger partial charge in [-0.3, -0.25) is 19.6 Å². The second-order valence-electron chi connectivity index (χ2n) is 8.16. The van der Waals surface area contributed by atoms with E-state index in [-0.39, 0.29) is 29.9 Å². The Morgan fingerprint density at radius 2 is 1.85 bits per heavy atom. The highest BCUT2D eigenvalue weighted by Gasteiger charge is 2.44. The zero-order chi connectivity index (χ0) is 22.8. The van der Waals surface area contributed by atoms with Crippen molar-refractivity contribution in [2.24, 2.45) is 5.92 Å². The fraction of sp³-hybridized carbons (Fsp3) is 0.154. The number of nitrogens with one attached hydrogen (secondary N) is 2. The van der Waals surface area contributed by atoms with Gasteiger partial charge in [0.15, 0.2) is 0 Å². The van der Waals surface area contributed by atoms with Crippen LogP contribution in [0.2, 0.25) is 0 Å². The summed E-state index contributed by atoms with van der Waals surface area (Å²) < 4.78 is 14.3. The van der Waals surface area contributed by atoms with Crippen LogP contribution in [0.25, 0.3) is 10.8 Å². The van der Waals surface area contributed by atoms with Gasteiger partial charge in [-0.05, 0) is 65.3 Å². The lowest BCUT2D eigenvalue weighted by Gasteiger charge is -2.09. The molecule has 2 aromatic heterocycles. The number of carbonyl (C=O) groups is 2. The average Bonchev–Trinajstić information content (AvgIpc) is 3.65. The van der Waals surface area contributed by atoms with Gasteiger partial charge in [0, 0.05) is 48.3 Å². The Labute approximate surface area is 189 Å². The SMILES string of the molecule is O=C(NCc1cccnc1)c1cc([C@@H]2C[C@H]2C(=O)Nc2ccc3cnccc3c2)ccc1F. The molecule has 2 aromatic carbocycles. The Kier molecular flexibility index (Phi) is 5.52. The van der Waals surface area contributed by atoms with Gasteiger partial charge >= 0.3 is 0 Å². The Morgan fingerprint density at radius 1 is 0.970 bits per heavy atom. The number of benzene rings is 2. The Hall–Kier alpha value is -4.13. The van der Waals surface area contributed by atoms with E-state index in [9.17, 15) is 14.0 Å². The maximum Gasteiger partial charge on any atom is 0.254 e. The summed E-state index contributed by atoms with van der Waals surface area (Å²) in [5.41, 5.74) is 2.31. The number of nitrogens with zero attached hydrogens (tertiary/aromatic N) is 2. The molecule has 7 heteroatoms. The molecule has 4 aromatic rings. The van der Waals surface area contributed by atoms with Gasteiger partial charge in [0.1, 0.15) is 5.82 Å². The number of pyridine rings is 2. The summed E-state index contributed by atoms with van der Waals surface area (Å²) in [4.78, 5) is 33.4. The molecule has 1 aliphatic carbocycles. The van der Waals surface area contributed by atoms with Crippen LogP contribution in [0.4, 0.5) is 10.1 Å². The van der Waals surface area contributed by atoms with Crippen LogP contribution in [-0.2, 0) is 11.3 Å². The zero-order valence-corrected chi connectivity index (χ0v) is 17.7. The highest BCUT2D eigenvalue weighted by molar-refractivity contribution is 5.98. The molecule has 0 saturated heterocycles. The van der Waals surface area contributed by atoms with Gasteiger partial charge in [0.2, 0.25) is 5.91 Å². The summed E-state index contributed by atoms with van der Waals surface area (Å²) in [6.07, 6.45) is 7.44. The van der Waals surface area contributed by atoms with Crippen LogP contribution in [-0.4, -0.2) is 21.8 Å². The van der Waals surface area contributed by atoms with Crippen molar-refractivity contribution in [3.8, 4) is 0 Å². The first-order valence-electron chi connectivity index (χ1n) is 10.7. The van der Waals surface area contributed by atoms with Crippen molar-refractivity contribution in [1.82, 2.24) is 15.3 Å². The molecular formula is C26H21FN4O2. The quantitative estimate of drug-likeness (QED) is 0.464. The smallest absolute Gasteiger partial charge is 0.254 e. The van der Waals surface area contributed by atoms with Gasteiger partial charge in [0.05, 0.1) is 5.56 Å². The topological polar surface area (TPSA) is 84.0 Å². The molecule has 0 bridgehead atoms. The second kappa shape index (κ2) is 8.78. The van der Waals surface area contributed by atoms with Gasteiger partial charge < -0.3 is 10.6 Å². The van der Waals surface area contributed by atoms with E-state index in [1.807, 2.05) is 30.3 Å². The lowest BCUT2D eigenvalue weighted by Crippen LogP contribution is -2.24. The molecule has 0 aliphatic heterocycles. The number of fused-ring (bicyclic) bond motifs is 1. The van der Waals surface area contributed by atoms with Crippen molar-refractivity contribution in [2.45, 2.75) is 18.9 Å². The molecular weight excluding hydrogens is 419 g/mol. The van der Waals surface area contributed by atoms with Crippen molar-refractivity contribution in [2.75, 3.05) is 5.32 Å². The second-order valence-corrected chi connectivity index (χ2v) is 8.16. The summed E-state index contributed by atoms with van der Waals surface area (Å²) in [6, 6.07) is 15.7. The van der Waals surface area contributed by atoms with E-state index in [1.165, 1.54) is 6.07 Å². The fourth-order valence-electron chi connectivity index (χ4n) is 3.98. The molecule has 1 fully saturated rings. The molecule has 164 valence electrons. The normalized spacial score (nSPS) is 16.9. The van der Waals surface area contributed by atoms with E-state index in [1.54, 1.807) is 43.0 Å². The molecule has 0 spiro atoms. The number of hydrogen-bond acceptors (Lipinski definition) is 4. The minimum absolute atomic E-state index is 0.0226. The molecule has 1 saturated carbocycles. The molecule has 2 atom stereocenters. The highest BCUT2D eigenvalue weighted by Crippen LogP contribution is 2.48. The zero-order valence-electron chi connectivity index (χ0n) is 17.7. The van der Waals surface area contributed by atoms with Crippen LogP contribution in [0, 0.1) is 11.7 Å². The lowest BCUT2D eigenvalue weighted by atomic mass is 10.0. The highest BCUT2D eigenvalue weighted by atomic mass is 19.1. The first kappa shape index (κ1) is 20.8. The lowest BCUT2D eigenvalue weighted by molar-refractivity contribution is -0.117. The van der Waals surface area contributed by atoms with E-state index in [4.69, 9.17) is 0 Å². The number of aromatic nitrogens is 2. The molecule has 5 rings (SSSR count). The molecule has 2 amide bonds. The summed E-state index contributed by atoms with van der Waals surface area (Å²) in [7, 11) is 0. The van der Waals surface area contributed by atoms with Crippen LogP contribution in [0.15, 0.2) is 79.4 Å². The monoisotopic (exact) mass is 440 g/mol. The standard InChI is InChI=1S/C26H21FN4O2/c27-24-6-4-18(11-23(24)25(32)30-14-16-2-1-8-28-13-16)21-12-22(21)26(33)31-20-5-3-19-15-29-9-7-17(19)10-20/h1-11,13,15,21-22H,12,14H2,(H,30,32)(H,31,33)/t21-,22+/m0/s1. The Bertz CT molecular complexity index is 1340. The average molecular weight is 440 g/mol. The van der Waals surface area contributed by atoms with Crippen molar-refractivity contribution in [3.63, 3.8) is 0 Å². The molecule has 1 aliphatic rings. The third kappa shape index (κ3) is 4.57. The summed E-state index contributed by atoms with van der Waals surface area (Å²) >= 11 is 0.